The van der Waals surface area contributed by atoms with Crippen molar-refractivity contribution >= 4 is 7.32 Å². The van der Waals surface area contributed by atoms with Gasteiger partial charge in [0.15, 0.2) is 0 Å². The minimum absolute atomic E-state index is 0.653. The minimum Gasteiger partial charge on any atom is -0.547 e. The standard InChI is InChI=1S/C8H20N.C6H16BO3/c1-5-9(6-2,7-3)8-4;1-4-8-7(9-5-2)10-6-3/h5-8H2,1-4H3;7H,4-6H2,1-3H3/q+1;-1. The van der Waals surface area contributed by atoms with Gasteiger partial charge in [0.1, 0.15) is 0 Å². The van der Waals surface area contributed by atoms with Crippen molar-refractivity contribution < 1.29 is 18.4 Å². The molecule has 19 heavy (non-hydrogen) atoms. The Morgan fingerprint density at radius 1 is 0.579 bits per heavy atom. The van der Waals surface area contributed by atoms with Gasteiger partial charge >= 0.3 is 7.32 Å². The molecule has 4 nitrogen and oxygen atoms in total. The Hall–Kier alpha value is -0.0951. The van der Waals surface area contributed by atoms with E-state index in [1.165, 1.54) is 30.7 Å². The van der Waals surface area contributed by atoms with Crippen LogP contribution in [0.3, 0.4) is 0 Å². The van der Waals surface area contributed by atoms with E-state index in [9.17, 15) is 0 Å². The number of hydrogen-bond acceptors (Lipinski definition) is 3. The number of nitrogens with zero attached hydrogens (tertiary/aromatic N) is 1. The van der Waals surface area contributed by atoms with Crippen LogP contribution in [0.4, 0.5) is 0 Å². The summed E-state index contributed by atoms with van der Waals surface area (Å²) in [6.45, 7) is 22.0. The van der Waals surface area contributed by atoms with Gasteiger partial charge in [-0.05, 0) is 68.3 Å². The normalized spacial score (nSPS) is 11.4. The van der Waals surface area contributed by atoms with Crippen molar-refractivity contribution in [2.24, 2.45) is 0 Å². The molecule has 0 saturated heterocycles. The first-order valence-electron chi connectivity index (χ1n) is 7.95. The Kier molecular flexibility index (Phi) is 16.0. The summed E-state index contributed by atoms with van der Waals surface area (Å²) >= 11 is 0. The van der Waals surface area contributed by atoms with Crippen molar-refractivity contribution in [3.63, 3.8) is 0 Å². The van der Waals surface area contributed by atoms with E-state index < -0.39 is 7.32 Å². The van der Waals surface area contributed by atoms with Crippen molar-refractivity contribution in [3.8, 4) is 0 Å². The average Bonchev–Trinajstić information content (AvgIpc) is 2.44. The highest BCUT2D eigenvalue weighted by atomic mass is 16.7. The highest BCUT2D eigenvalue weighted by Crippen LogP contribution is 2.03. The molecule has 0 aliphatic rings. The molecule has 5 heteroatoms. The lowest BCUT2D eigenvalue weighted by Gasteiger charge is -2.34. The van der Waals surface area contributed by atoms with E-state index in [-0.39, 0.29) is 0 Å². The molecular weight excluding hydrogens is 241 g/mol. The lowest BCUT2D eigenvalue weighted by molar-refractivity contribution is -0.921. The van der Waals surface area contributed by atoms with Crippen LogP contribution >= 0.6 is 0 Å². The molecule has 0 aliphatic heterocycles. The van der Waals surface area contributed by atoms with Crippen LogP contribution in [0.15, 0.2) is 0 Å². The maximum absolute atomic E-state index is 5.16. The van der Waals surface area contributed by atoms with Gasteiger partial charge in [-0.1, -0.05) is 0 Å². The Morgan fingerprint density at radius 3 is 0.947 bits per heavy atom. The first-order chi connectivity index (χ1) is 9.09. The second kappa shape index (κ2) is 14.3. The monoisotopic (exact) mass is 277 g/mol. The third-order valence-electron chi connectivity index (χ3n) is 3.80. The average molecular weight is 277 g/mol. The van der Waals surface area contributed by atoms with E-state index in [0.29, 0.717) is 19.8 Å². The molecule has 0 unspecified atom stereocenters. The summed E-state index contributed by atoms with van der Waals surface area (Å²) < 4.78 is 16.8. The molecular formula is C14H36BNO3. The van der Waals surface area contributed by atoms with Gasteiger partial charge in [0.2, 0.25) is 0 Å². The van der Waals surface area contributed by atoms with Crippen LogP contribution in [0.5, 0.6) is 0 Å². The minimum atomic E-state index is -1.23. The van der Waals surface area contributed by atoms with Gasteiger partial charge in [-0.25, -0.2) is 0 Å². The fraction of sp³-hybridized carbons (Fsp3) is 1.00. The molecule has 0 radical (unpaired) electrons. The van der Waals surface area contributed by atoms with Gasteiger partial charge in [-0.15, -0.1) is 0 Å². The van der Waals surface area contributed by atoms with E-state index in [1.54, 1.807) is 0 Å². The zero-order valence-electron chi connectivity index (χ0n) is 14.3. The van der Waals surface area contributed by atoms with Crippen molar-refractivity contribution in [1.82, 2.24) is 0 Å². The van der Waals surface area contributed by atoms with E-state index in [1.807, 2.05) is 20.8 Å². The summed E-state index contributed by atoms with van der Waals surface area (Å²) in [6, 6.07) is 0. The van der Waals surface area contributed by atoms with Crippen molar-refractivity contribution in [1.29, 1.82) is 0 Å². The highest BCUT2D eigenvalue weighted by molar-refractivity contribution is 6.36. The van der Waals surface area contributed by atoms with Crippen molar-refractivity contribution in [2.45, 2.75) is 48.5 Å². The van der Waals surface area contributed by atoms with Crippen LogP contribution in [0.1, 0.15) is 48.5 Å². The van der Waals surface area contributed by atoms with Crippen LogP contribution < -0.4 is 0 Å². The lowest BCUT2D eigenvalue weighted by Crippen LogP contribution is -2.47. The quantitative estimate of drug-likeness (QED) is 0.454. The second-order valence-corrected chi connectivity index (χ2v) is 4.44. The molecule has 118 valence electrons. The molecule has 0 fully saturated rings. The summed E-state index contributed by atoms with van der Waals surface area (Å²) in [6.07, 6.45) is 0. The molecule has 0 atom stereocenters. The smallest absolute Gasteiger partial charge is 0.364 e. The molecule has 0 heterocycles. The summed E-state index contributed by atoms with van der Waals surface area (Å²) in [5.41, 5.74) is 0. The van der Waals surface area contributed by atoms with Gasteiger partial charge < -0.3 is 18.4 Å². The molecule has 0 aromatic heterocycles. The molecule has 0 aromatic carbocycles. The zero-order chi connectivity index (χ0) is 15.1. The van der Waals surface area contributed by atoms with E-state index in [2.05, 4.69) is 27.7 Å². The van der Waals surface area contributed by atoms with Crippen molar-refractivity contribution in [3.05, 3.63) is 0 Å². The van der Waals surface area contributed by atoms with Crippen LogP contribution in [-0.2, 0) is 14.0 Å². The molecule has 0 amide bonds. The van der Waals surface area contributed by atoms with Crippen LogP contribution in [0.2, 0.25) is 0 Å². The first-order valence-corrected chi connectivity index (χ1v) is 7.95. The van der Waals surface area contributed by atoms with Gasteiger partial charge in [-0.3, -0.25) is 0 Å². The van der Waals surface area contributed by atoms with Gasteiger partial charge in [-0.2, -0.15) is 0 Å². The maximum Gasteiger partial charge on any atom is 0.364 e. The van der Waals surface area contributed by atoms with E-state index >= 15 is 0 Å². The molecule has 0 bridgehead atoms. The SMILES string of the molecule is CCO[BH-](OCC)OCC.CC[N+](CC)(CC)CC. The van der Waals surface area contributed by atoms with E-state index in [0.717, 1.165) is 0 Å². The van der Waals surface area contributed by atoms with Crippen molar-refractivity contribution in [2.75, 3.05) is 46.0 Å². The number of hydrogen-bond donors (Lipinski definition) is 0. The fourth-order valence-electron chi connectivity index (χ4n) is 2.02. The summed E-state index contributed by atoms with van der Waals surface area (Å²) in [7, 11) is -1.23. The molecule has 0 saturated carbocycles. The number of rotatable bonds is 10. The summed E-state index contributed by atoms with van der Waals surface area (Å²) in [4.78, 5) is 0. The molecule has 0 N–H and O–H groups in total. The maximum atomic E-state index is 5.16. The lowest BCUT2D eigenvalue weighted by atomic mass is 10.2. The number of quaternary nitrogens is 1. The fourth-order valence-corrected chi connectivity index (χ4v) is 2.02. The van der Waals surface area contributed by atoms with E-state index in [4.69, 9.17) is 14.0 Å². The van der Waals surface area contributed by atoms with Gasteiger partial charge in [0.05, 0.1) is 26.2 Å². The molecule has 0 aromatic rings. The summed E-state index contributed by atoms with van der Waals surface area (Å²) in [5, 5.41) is 0. The Morgan fingerprint density at radius 2 is 0.842 bits per heavy atom. The molecule has 0 rings (SSSR count). The van der Waals surface area contributed by atoms with Crippen LogP contribution in [0.25, 0.3) is 0 Å². The Bertz CT molecular complexity index is 146. The second-order valence-electron chi connectivity index (χ2n) is 4.44. The molecule has 0 spiro atoms. The third-order valence-corrected chi connectivity index (χ3v) is 3.80. The zero-order valence-corrected chi connectivity index (χ0v) is 14.3. The first kappa shape index (κ1) is 21.2. The summed E-state index contributed by atoms with van der Waals surface area (Å²) in [5.74, 6) is 0. The Labute approximate surface area is 121 Å². The largest absolute Gasteiger partial charge is 0.547 e. The Balaban J connectivity index is 0. The predicted molar refractivity (Wildman–Crippen MR) is 84.5 cm³/mol. The van der Waals surface area contributed by atoms with Crippen LogP contribution in [0, 0.1) is 0 Å². The third kappa shape index (κ3) is 10.4. The van der Waals surface area contributed by atoms with Gasteiger partial charge in [0.25, 0.3) is 0 Å². The van der Waals surface area contributed by atoms with Gasteiger partial charge in [0, 0.05) is 0 Å². The topological polar surface area (TPSA) is 27.7 Å². The highest BCUT2D eigenvalue weighted by Gasteiger charge is 2.16. The molecule has 0 aliphatic carbocycles. The predicted octanol–water partition coefficient (Wildman–Crippen LogP) is 2.70. The van der Waals surface area contributed by atoms with Crippen LogP contribution in [-0.4, -0.2) is 57.8 Å².